The molecule has 1 aromatic carbocycles. The van der Waals surface area contributed by atoms with E-state index in [1.54, 1.807) is 0 Å². The highest BCUT2D eigenvalue weighted by molar-refractivity contribution is 6.05. The van der Waals surface area contributed by atoms with Crippen LogP contribution in [-0.4, -0.2) is 47.2 Å². The van der Waals surface area contributed by atoms with Crippen LogP contribution >= 0.6 is 0 Å². The fourth-order valence-electron chi connectivity index (χ4n) is 2.39. The second-order valence-corrected chi connectivity index (χ2v) is 5.66. The largest absolute Gasteiger partial charge is 0.507 e. The van der Waals surface area contributed by atoms with Crippen LogP contribution < -0.4 is 0 Å². The van der Waals surface area contributed by atoms with E-state index in [9.17, 15) is 19.8 Å². The van der Waals surface area contributed by atoms with Crippen molar-refractivity contribution in [3.8, 4) is 0 Å². The third kappa shape index (κ3) is 3.66. The van der Waals surface area contributed by atoms with Crippen LogP contribution in [0.25, 0.3) is 5.76 Å². The lowest BCUT2D eigenvalue weighted by Gasteiger charge is -2.06. The van der Waals surface area contributed by atoms with Gasteiger partial charge in [0.15, 0.2) is 0 Å². The fourth-order valence-corrected chi connectivity index (χ4v) is 2.39. The Bertz CT molecular complexity index is 971. The van der Waals surface area contributed by atoms with Crippen molar-refractivity contribution in [2.24, 2.45) is 0 Å². The molecule has 0 fully saturated rings. The van der Waals surface area contributed by atoms with Gasteiger partial charge in [0, 0.05) is 24.4 Å². The molecule has 0 amide bonds. The standard InChI is InChI=1S/C17H15N5O4/c1-10-2-4-11(5-3-10)8-22-9-12(6-13(22)17(25)26)14(23)7-15(24)16-18-20-21-19-16/h2-7,9,23H,8H2,1H3,(H,25,26)(H,18,19,20,21). The summed E-state index contributed by atoms with van der Waals surface area (Å²) < 4.78 is 1.49. The summed E-state index contributed by atoms with van der Waals surface area (Å²) in [6.07, 6.45) is 2.39. The Balaban J connectivity index is 1.90. The van der Waals surface area contributed by atoms with Crippen LogP contribution in [0.2, 0.25) is 0 Å². The number of aromatic carboxylic acids is 1. The summed E-state index contributed by atoms with van der Waals surface area (Å²) in [5.74, 6) is -2.38. The average Bonchev–Trinajstić information content (AvgIpc) is 3.26. The van der Waals surface area contributed by atoms with Crippen molar-refractivity contribution in [1.29, 1.82) is 0 Å². The topological polar surface area (TPSA) is 134 Å². The summed E-state index contributed by atoms with van der Waals surface area (Å²) in [6, 6.07) is 8.96. The number of hydrogen-bond acceptors (Lipinski definition) is 6. The Morgan fingerprint density at radius 2 is 1.96 bits per heavy atom. The Morgan fingerprint density at radius 3 is 2.58 bits per heavy atom. The number of H-pyrrole nitrogens is 1. The molecule has 0 aliphatic rings. The van der Waals surface area contributed by atoms with Gasteiger partial charge in [-0.3, -0.25) is 4.79 Å². The van der Waals surface area contributed by atoms with E-state index in [2.05, 4.69) is 20.6 Å². The molecule has 0 unspecified atom stereocenters. The summed E-state index contributed by atoms with van der Waals surface area (Å²) in [6.45, 7) is 2.28. The van der Waals surface area contributed by atoms with Crippen molar-refractivity contribution < 1.29 is 19.8 Å². The first kappa shape index (κ1) is 17.1. The molecule has 2 heterocycles. The molecule has 3 N–H and O–H groups in total. The van der Waals surface area contributed by atoms with Gasteiger partial charge < -0.3 is 14.8 Å². The first-order chi connectivity index (χ1) is 12.4. The van der Waals surface area contributed by atoms with Crippen LogP contribution in [0.3, 0.4) is 0 Å². The molecule has 0 spiro atoms. The van der Waals surface area contributed by atoms with Gasteiger partial charge in [0.2, 0.25) is 11.6 Å². The molecule has 0 saturated carbocycles. The minimum absolute atomic E-state index is 0.00691. The van der Waals surface area contributed by atoms with Crippen molar-refractivity contribution in [3.05, 3.63) is 70.8 Å². The number of aryl methyl sites for hydroxylation is 1. The van der Waals surface area contributed by atoms with Gasteiger partial charge in [0.25, 0.3) is 0 Å². The van der Waals surface area contributed by atoms with Crippen molar-refractivity contribution in [2.45, 2.75) is 13.5 Å². The molecule has 2 aromatic heterocycles. The zero-order valence-corrected chi connectivity index (χ0v) is 13.7. The van der Waals surface area contributed by atoms with Crippen LogP contribution in [-0.2, 0) is 6.54 Å². The number of nitrogens with one attached hydrogen (secondary N) is 1. The van der Waals surface area contributed by atoms with E-state index in [0.29, 0.717) is 6.54 Å². The number of hydrogen-bond donors (Lipinski definition) is 3. The number of aliphatic hydroxyl groups is 1. The molecule has 0 aliphatic heterocycles. The molecule has 9 heteroatoms. The van der Waals surface area contributed by atoms with Gasteiger partial charge >= 0.3 is 5.97 Å². The van der Waals surface area contributed by atoms with E-state index >= 15 is 0 Å². The van der Waals surface area contributed by atoms with Crippen LogP contribution in [0.1, 0.15) is 37.8 Å². The van der Waals surface area contributed by atoms with E-state index < -0.39 is 11.8 Å². The second kappa shape index (κ2) is 7.01. The molecule has 0 bridgehead atoms. The number of benzene rings is 1. The second-order valence-electron chi connectivity index (χ2n) is 5.66. The maximum Gasteiger partial charge on any atom is 0.352 e. The molecule has 0 radical (unpaired) electrons. The highest BCUT2D eigenvalue weighted by atomic mass is 16.4. The molecule has 0 saturated heterocycles. The molecular formula is C17H15N5O4. The molecule has 132 valence electrons. The Kier molecular flexibility index (Phi) is 4.61. The highest BCUT2D eigenvalue weighted by Crippen LogP contribution is 2.18. The number of aliphatic hydroxyl groups excluding tert-OH is 1. The van der Waals surface area contributed by atoms with E-state index in [1.165, 1.54) is 16.8 Å². The maximum absolute atomic E-state index is 11.9. The third-order valence-corrected chi connectivity index (χ3v) is 3.72. The Hall–Kier alpha value is -3.75. The number of tetrazole rings is 1. The SMILES string of the molecule is Cc1ccc(Cn2cc(C(O)=CC(=O)c3nn[nH]n3)cc2C(=O)O)cc1. The smallest absolute Gasteiger partial charge is 0.352 e. The number of allylic oxidation sites excluding steroid dienone is 1. The number of rotatable bonds is 6. The number of ketones is 1. The summed E-state index contributed by atoms with van der Waals surface area (Å²) in [5, 5.41) is 32.0. The molecule has 0 atom stereocenters. The van der Waals surface area contributed by atoms with Crippen LogP contribution in [0.4, 0.5) is 0 Å². The summed E-state index contributed by atoms with van der Waals surface area (Å²) in [7, 11) is 0. The Morgan fingerprint density at radius 1 is 1.23 bits per heavy atom. The van der Waals surface area contributed by atoms with Gasteiger partial charge in [-0.15, -0.1) is 10.2 Å². The number of carbonyl (C=O) groups is 2. The minimum atomic E-state index is -1.14. The zero-order valence-electron chi connectivity index (χ0n) is 13.7. The third-order valence-electron chi connectivity index (χ3n) is 3.72. The van der Waals surface area contributed by atoms with Crippen LogP contribution in [0.5, 0.6) is 0 Å². The van der Waals surface area contributed by atoms with Crippen molar-refractivity contribution in [2.75, 3.05) is 0 Å². The van der Waals surface area contributed by atoms with Gasteiger partial charge in [-0.25, -0.2) is 4.79 Å². The number of carboxylic acids is 1. The summed E-state index contributed by atoms with van der Waals surface area (Å²) >= 11 is 0. The van der Waals surface area contributed by atoms with Gasteiger partial charge in [-0.2, -0.15) is 5.21 Å². The number of aromatic amines is 1. The predicted molar refractivity (Wildman–Crippen MR) is 90.8 cm³/mol. The van der Waals surface area contributed by atoms with E-state index in [4.69, 9.17) is 0 Å². The number of carbonyl (C=O) groups excluding carboxylic acids is 1. The van der Waals surface area contributed by atoms with Gasteiger partial charge in [0.05, 0.1) is 0 Å². The molecule has 26 heavy (non-hydrogen) atoms. The number of aromatic nitrogens is 5. The zero-order chi connectivity index (χ0) is 18.7. The molecule has 9 nitrogen and oxygen atoms in total. The number of nitrogens with zero attached hydrogens (tertiary/aromatic N) is 4. The number of carboxylic acid groups (broad SMARTS) is 1. The Labute approximate surface area is 147 Å². The molecule has 3 rings (SSSR count). The van der Waals surface area contributed by atoms with Gasteiger partial charge in [0.1, 0.15) is 11.5 Å². The van der Waals surface area contributed by atoms with Gasteiger partial charge in [-0.1, -0.05) is 29.8 Å². The van der Waals surface area contributed by atoms with E-state index in [-0.39, 0.29) is 22.8 Å². The molecule has 3 aromatic rings. The van der Waals surface area contributed by atoms with Crippen molar-refractivity contribution in [3.63, 3.8) is 0 Å². The maximum atomic E-state index is 11.9. The predicted octanol–water partition coefficient (Wildman–Crippen LogP) is 1.84. The lowest BCUT2D eigenvalue weighted by atomic mass is 10.1. The normalized spacial score (nSPS) is 11.5. The average molecular weight is 353 g/mol. The van der Waals surface area contributed by atoms with Gasteiger partial charge in [-0.05, 0) is 23.8 Å². The summed E-state index contributed by atoms with van der Waals surface area (Å²) in [5.41, 5.74) is 2.20. The fraction of sp³-hybridized carbons (Fsp3) is 0.118. The van der Waals surface area contributed by atoms with Crippen LogP contribution in [0.15, 0.2) is 42.6 Å². The van der Waals surface area contributed by atoms with E-state index in [1.807, 2.05) is 31.2 Å². The van der Waals surface area contributed by atoms with Crippen LogP contribution in [0, 0.1) is 6.92 Å². The van der Waals surface area contributed by atoms with Crippen molar-refractivity contribution in [1.82, 2.24) is 25.2 Å². The first-order valence-electron chi connectivity index (χ1n) is 7.62. The molecule has 0 aliphatic carbocycles. The van der Waals surface area contributed by atoms with E-state index in [0.717, 1.165) is 17.2 Å². The monoisotopic (exact) mass is 353 g/mol. The quantitative estimate of drug-likeness (QED) is 0.350. The lowest BCUT2D eigenvalue weighted by molar-refractivity contribution is 0.0685. The highest BCUT2D eigenvalue weighted by Gasteiger charge is 2.17. The summed E-state index contributed by atoms with van der Waals surface area (Å²) in [4.78, 5) is 23.4. The minimum Gasteiger partial charge on any atom is -0.507 e. The van der Waals surface area contributed by atoms with Crippen molar-refractivity contribution >= 4 is 17.5 Å². The lowest BCUT2D eigenvalue weighted by Crippen LogP contribution is -2.08. The first-order valence-corrected chi connectivity index (χ1v) is 7.62. The molecular weight excluding hydrogens is 338 g/mol.